The highest BCUT2D eigenvalue weighted by Gasteiger charge is 2.22. The van der Waals surface area contributed by atoms with Crippen molar-refractivity contribution in [1.82, 2.24) is 10.2 Å². The van der Waals surface area contributed by atoms with Crippen molar-refractivity contribution < 1.29 is 14.6 Å². The molecule has 1 heterocycles. The van der Waals surface area contributed by atoms with Crippen molar-refractivity contribution in [2.75, 3.05) is 39.9 Å². The smallest absolute Gasteiger partial charge is 0.194 e. The van der Waals surface area contributed by atoms with Gasteiger partial charge in [-0.25, -0.2) is 0 Å². The molecule has 2 N–H and O–H groups in total. The van der Waals surface area contributed by atoms with Crippen LogP contribution < -0.4 is 10.1 Å². The van der Waals surface area contributed by atoms with E-state index in [9.17, 15) is 5.11 Å². The van der Waals surface area contributed by atoms with Crippen LogP contribution in [0, 0.1) is 0 Å². The second-order valence-corrected chi connectivity index (χ2v) is 5.49. The molecule has 1 fully saturated rings. The lowest BCUT2D eigenvalue weighted by Gasteiger charge is -2.20. The number of para-hydroxylation sites is 1. The van der Waals surface area contributed by atoms with E-state index in [1.807, 2.05) is 31.2 Å². The Morgan fingerprint density at radius 3 is 2.88 bits per heavy atom. The highest BCUT2D eigenvalue weighted by atomic mass is 127. The highest BCUT2D eigenvalue weighted by molar-refractivity contribution is 14.0. The number of halogens is 1. The minimum atomic E-state index is -0.249. The molecule has 1 aromatic carbocycles. The van der Waals surface area contributed by atoms with Crippen LogP contribution in [0.5, 0.6) is 5.75 Å². The summed E-state index contributed by atoms with van der Waals surface area (Å²) >= 11 is 0. The first-order valence-electron chi connectivity index (χ1n) is 8.15. The zero-order chi connectivity index (χ0) is 16.5. The topological polar surface area (TPSA) is 66.3 Å². The van der Waals surface area contributed by atoms with E-state index in [0.717, 1.165) is 36.8 Å². The predicted octanol–water partition coefficient (Wildman–Crippen LogP) is 1.86. The number of ether oxygens (including phenoxy) is 2. The average molecular weight is 449 g/mol. The normalized spacial score (nSPS) is 17.5. The SMILES string of the molecule is CCNC(=NCCOCc1ccccc1OC)N1CC[C@@H](O)C1.I. The molecule has 6 nitrogen and oxygen atoms in total. The van der Waals surface area contributed by atoms with Gasteiger partial charge in [-0.1, -0.05) is 18.2 Å². The van der Waals surface area contributed by atoms with Crippen molar-refractivity contribution >= 4 is 29.9 Å². The van der Waals surface area contributed by atoms with Gasteiger partial charge in [-0.15, -0.1) is 24.0 Å². The number of aliphatic hydroxyl groups excluding tert-OH is 1. The van der Waals surface area contributed by atoms with E-state index in [4.69, 9.17) is 9.47 Å². The molecule has 0 saturated carbocycles. The van der Waals surface area contributed by atoms with E-state index in [-0.39, 0.29) is 30.1 Å². The number of nitrogens with one attached hydrogen (secondary N) is 1. The van der Waals surface area contributed by atoms with Crippen molar-refractivity contribution in [2.24, 2.45) is 4.99 Å². The Kier molecular flexibility index (Phi) is 10.0. The third kappa shape index (κ3) is 6.45. The highest BCUT2D eigenvalue weighted by Crippen LogP contribution is 2.17. The summed E-state index contributed by atoms with van der Waals surface area (Å²) in [6.45, 7) is 5.99. The molecular formula is C17H28IN3O3. The summed E-state index contributed by atoms with van der Waals surface area (Å²) in [5.74, 6) is 1.69. The van der Waals surface area contributed by atoms with Gasteiger partial charge >= 0.3 is 0 Å². The number of hydrogen-bond acceptors (Lipinski definition) is 4. The first kappa shape index (κ1) is 21.0. The Hall–Kier alpha value is -1.06. The summed E-state index contributed by atoms with van der Waals surface area (Å²) < 4.78 is 11.0. The second kappa shape index (κ2) is 11.5. The molecule has 1 saturated heterocycles. The molecule has 2 rings (SSSR count). The van der Waals surface area contributed by atoms with Crippen LogP contribution in [0.1, 0.15) is 18.9 Å². The Balaban J connectivity index is 0.00000288. The fourth-order valence-corrected chi connectivity index (χ4v) is 2.58. The average Bonchev–Trinajstić information content (AvgIpc) is 3.00. The molecule has 7 heteroatoms. The molecule has 1 atom stereocenters. The molecule has 0 amide bonds. The largest absolute Gasteiger partial charge is 0.496 e. The van der Waals surface area contributed by atoms with E-state index in [0.29, 0.717) is 26.3 Å². The van der Waals surface area contributed by atoms with E-state index in [1.165, 1.54) is 0 Å². The van der Waals surface area contributed by atoms with Crippen LogP contribution in [0.25, 0.3) is 0 Å². The summed E-state index contributed by atoms with van der Waals surface area (Å²) in [5, 5.41) is 12.9. The maximum atomic E-state index is 9.64. The molecule has 1 aliphatic rings. The minimum absolute atomic E-state index is 0. The first-order valence-corrected chi connectivity index (χ1v) is 8.15. The van der Waals surface area contributed by atoms with Gasteiger partial charge in [0, 0.05) is 25.2 Å². The lowest BCUT2D eigenvalue weighted by molar-refractivity contribution is 0.126. The molecule has 0 aromatic heterocycles. The number of nitrogens with zero attached hydrogens (tertiary/aromatic N) is 2. The summed E-state index contributed by atoms with van der Waals surface area (Å²) in [6.07, 6.45) is 0.551. The Labute approximate surface area is 161 Å². The number of hydrogen-bond donors (Lipinski definition) is 2. The maximum Gasteiger partial charge on any atom is 0.194 e. The molecule has 0 unspecified atom stereocenters. The first-order chi connectivity index (χ1) is 11.2. The zero-order valence-electron chi connectivity index (χ0n) is 14.4. The standard InChI is InChI=1S/C17H27N3O3.HI/c1-3-18-17(20-10-8-15(21)12-20)19-9-11-23-13-14-6-4-5-7-16(14)22-2;/h4-7,15,21H,3,8-13H2,1-2H3,(H,18,19);1H/t15-;/m1./s1. The second-order valence-electron chi connectivity index (χ2n) is 5.49. The van der Waals surface area contributed by atoms with Crippen molar-refractivity contribution in [3.8, 4) is 5.75 Å². The summed E-state index contributed by atoms with van der Waals surface area (Å²) in [4.78, 5) is 6.66. The quantitative estimate of drug-likeness (QED) is 0.288. The van der Waals surface area contributed by atoms with Gasteiger partial charge in [-0.2, -0.15) is 0 Å². The summed E-state index contributed by atoms with van der Waals surface area (Å²) in [7, 11) is 1.66. The Morgan fingerprint density at radius 1 is 1.42 bits per heavy atom. The Bertz CT molecular complexity index is 514. The van der Waals surface area contributed by atoms with Gasteiger partial charge in [0.1, 0.15) is 5.75 Å². The van der Waals surface area contributed by atoms with E-state index >= 15 is 0 Å². The van der Waals surface area contributed by atoms with Crippen LogP contribution in [-0.4, -0.2) is 62.0 Å². The molecule has 0 bridgehead atoms. The number of rotatable bonds is 7. The van der Waals surface area contributed by atoms with Crippen LogP contribution in [0.3, 0.4) is 0 Å². The molecule has 24 heavy (non-hydrogen) atoms. The van der Waals surface area contributed by atoms with E-state index in [1.54, 1.807) is 7.11 Å². The molecule has 136 valence electrons. The van der Waals surface area contributed by atoms with Gasteiger partial charge in [-0.05, 0) is 19.4 Å². The molecular weight excluding hydrogens is 421 g/mol. The van der Waals surface area contributed by atoms with Gasteiger partial charge in [0.25, 0.3) is 0 Å². The van der Waals surface area contributed by atoms with Crippen molar-refractivity contribution in [3.05, 3.63) is 29.8 Å². The van der Waals surface area contributed by atoms with Crippen molar-refractivity contribution in [3.63, 3.8) is 0 Å². The third-order valence-electron chi connectivity index (χ3n) is 3.75. The Morgan fingerprint density at radius 2 is 2.21 bits per heavy atom. The van der Waals surface area contributed by atoms with Gasteiger partial charge in [0.05, 0.1) is 33.0 Å². The lowest BCUT2D eigenvalue weighted by Crippen LogP contribution is -2.40. The maximum absolute atomic E-state index is 9.64. The number of aliphatic imine (C=N–C) groups is 1. The van der Waals surface area contributed by atoms with Crippen LogP contribution in [0.15, 0.2) is 29.3 Å². The molecule has 1 aromatic rings. The third-order valence-corrected chi connectivity index (χ3v) is 3.75. The minimum Gasteiger partial charge on any atom is -0.496 e. The van der Waals surface area contributed by atoms with Crippen LogP contribution in [-0.2, 0) is 11.3 Å². The van der Waals surface area contributed by atoms with Gasteiger partial charge in [-0.3, -0.25) is 4.99 Å². The fourth-order valence-electron chi connectivity index (χ4n) is 2.58. The summed E-state index contributed by atoms with van der Waals surface area (Å²) in [5.41, 5.74) is 1.04. The van der Waals surface area contributed by atoms with Gasteiger partial charge < -0.3 is 24.8 Å². The monoisotopic (exact) mass is 449 g/mol. The number of likely N-dealkylation sites (tertiary alicyclic amines) is 1. The number of aliphatic hydroxyl groups is 1. The molecule has 0 radical (unpaired) electrons. The lowest BCUT2D eigenvalue weighted by atomic mass is 10.2. The molecule has 0 aliphatic carbocycles. The van der Waals surface area contributed by atoms with Crippen LogP contribution in [0.4, 0.5) is 0 Å². The van der Waals surface area contributed by atoms with Crippen molar-refractivity contribution in [1.29, 1.82) is 0 Å². The van der Waals surface area contributed by atoms with Crippen LogP contribution >= 0.6 is 24.0 Å². The number of guanidine groups is 1. The van der Waals surface area contributed by atoms with Gasteiger partial charge in [0.15, 0.2) is 5.96 Å². The zero-order valence-corrected chi connectivity index (χ0v) is 16.7. The van der Waals surface area contributed by atoms with Crippen molar-refractivity contribution in [2.45, 2.75) is 26.1 Å². The summed E-state index contributed by atoms with van der Waals surface area (Å²) in [6, 6.07) is 7.84. The molecule has 0 spiro atoms. The molecule has 1 aliphatic heterocycles. The number of methoxy groups -OCH3 is 1. The number of benzene rings is 1. The number of β-amino-alcohol motifs (C(OH)–C–C–N with tert-alkyl or cyclic N) is 1. The predicted molar refractivity (Wildman–Crippen MR) is 106 cm³/mol. The fraction of sp³-hybridized carbons (Fsp3) is 0.588. The van der Waals surface area contributed by atoms with E-state index in [2.05, 4.69) is 15.2 Å². The van der Waals surface area contributed by atoms with Gasteiger partial charge in [0.2, 0.25) is 0 Å². The van der Waals surface area contributed by atoms with E-state index < -0.39 is 0 Å². The van der Waals surface area contributed by atoms with Crippen LogP contribution in [0.2, 0.25) is 0 Å².